The smallest absolute Gasteiger partial charge is 0.159 e. The lowest BCUT2D eigenvalue weighted by molar-refractivity contribution is 1.17. The van der Waals surface area contributed by atoms with Crippen LogP contribution >= 0.6 is 11.3 Å². The molecule has 0 unspecified atom stereocenters. The molecule has 7 aromatic carbocycles. The molecule has 11 aromatic rings. The average molecular weight is 762 g/mol. The van der Waals surface area contributed by atoms with Gasteiger partial charge >= 0.3 is 0 Å². The Morgan fingerprint density at radius 1 is 0.414 bits per heavy atom. The van der Waals surface area contributed by atoms with Crippen LogP contribution in [0.1, 0.15) is 11.1 Å². The van der Waals surface area contributed by atoms with Gasteiger partial charge in [0.1, 0.15) is 0 Å². The van der Waals surface area contributed by atoms with Crippen molar-refractivity contribution in [2.24, 2.45) is 0 Å². The molecule has 0 fully saturated rings. The highest BCUT2D eigenvalue weighted by Gasteiger charge is 2.19. The van der Waals surface area contributed by atoms with Crippen LogP contribution < -0.4 is 0 Å². The predicted octanol–water partition coefficient (Wildman–Crippen LogP) is 13.7. The Hall–Kier alpha value is -7.28. The SMILES string of the molecule is Cc1ccc(-c2ccc3sc4ccc(-c5ccc6c(c5)c5c(-c7ncccn7)cccc5n6-c5ccccc5)cc4c3c2)cc1-c1c(C)cccc1-c1ncccn1. The van der Waals surface area contributed by atoms with Gasteiger partial charge in [-0.15, -0.1) is 11.3 Å². The number of benzene rings is 7. The van der Waals surface area contributed by atoms with E-state index in [1.807, 2.05) is 48.3 Å². The number of para-hydroxylation sites is 1. The molecule has 0 aliphatic heterocycles. The quantitative estimate of drug-likeness (QED) is 0.169. The van der Waals surface area contributed by atoms with Gasteiger partial charge in [0.25, 0.3) is 0 Å². The lowest BCUT2D eigenvalue weighted by atomic mass is 9.89. The first kappa shape index (κ1) is 34.0. The Morgan fingerprint density at radius 3 is 1.67 bits per heavy atom. The van der Waals surface area contributed by atoms with E-state index in [1.165, 1.54) is 70.1 Å². The molecule has 6 heteroatoms. The molecule has 0 spiro atoms. The number of nitrogens with zero attached hydrogens (tertiary/aromatic N) is 5. The van der Waals surface area contributed by atoms with Gasteiger partial charge in [-0.05, 0) is 131 Å². The summed E-state index contributed by atoms with van der Waals surface area (Å²) in [7, 11) is 0. The highest BCUT2D eigenvalue weighted by molar-refractivity contribution is 7.25. The second kappa shape index (κ2) is 13.7. The number of aryl methyl sites for hydroxylation is 2. The zero-order valence-electron chi connectivity index (χ0n) is 31.9. The van der Waals surface area contributed by atoms with Gasteiger partial charge in [-0.1, -0.05) is 78.9 Å². The molecule has 58 heavy (non-hydrogen) atoms. The maximum absolute atomic E-state index is 4.67. The van der Waals surface area contributed by atoms with Gasteiger partial charge in [-0.2, -0.15) is 0 Å². The van der Waals surface area contributed by atoms with E-state index in [0.29, 0.717) is 0 Å². The maximum atomic E-state index is 4.67. The van der Waals surface area contributed by atoms with Crippen molar-refractivity contribution in [2.45, 2.75) is 13.8 Å². The highest BCUT2D eigenvalue weighted by Crippen LogP contribution is 2.43. The molecule has 0 radical (unpaired) electrons. The Labute approximate surface area is 339 Å². The molecule has 0 atom stereocenters. The van der Waals surface area contributed by atoms with Crippen LogP contribution in [0.25, 0.3) is 104 Å². The third-order valence-electron chi connectivity index (χ3n) is 11.3. The molecular weight excluding hydrogens is 727 g/mol. The van der Waals surface area contributed by atoms with Crippen LogP contribution in [0.3, 0.4) is 0 Å². The molecule has 0 saturated heterocycles. The van der Waals surface area contributed by atoms with Crippen LogP contribution in [0, 0.1) is 13.8 Å². The summed E-state index contributed by atoms with van der Waals surface area (Å²) in [6.07, 6.45) is 7.25. The maximum Gasteiger partial charge on any atom is 0.159 e. The van der Waals surface area contributed by atoms with Crippen molar-refractivity contribution >= 4 is 53.3 Å². The van der Waals surface area contributed by atoms with Crippen molar-refractivity contribution in [2.75, 3.05) is 0 Å². The third kappa shape index (κ3) is 5.60. The van der Waals surface area contributed by atoms with Crippen LogP contribution in [-0.4, -0.2) is 24.5 Å². The molecule has 0 amide bonds. The second-order valence-electron chi connectivity index (χ2n) is 14.8. The number of thiophene rings is 1. The number of fused-ring (bicyclic) bond motifs is 6. The van der Waals surface area contributed by atoms with Crippen LogP contribution in [0.2, 0.25) is 0 Å². The molecule has 4 aromatic heterocycles. The zero-order chi connectivity index (χ0) is 38.7. The van der Waals surface area contributed by atoms with Gasteiger partial charge in [0.2, 0.25) is 0 Å². The first-order chi connectivity index (χ1) is 28.6. The van der Waals surface area contributed by atoms with E-state index in [2.05, 4.69) is 178 Å². The fourth-order valence-corrected chi connectivity index (χ4v) is 9.65. The monoisotopic (exact) mass is 761 g/mol. The molecule has 4 heterocycles. The molecule has 0 bridgehead atoms. The first-order valence-electron chi connectivity index (χ1n) is 19.4. The summed E-state index contributed by atoms with van der Waals surface area (Å²) in [5.74, 6) is 1.46. The van der Waals surface area contributed by atoms with E-state index in [1.54, 1.807) is 0 Å². The van der Waals surface area contributed by atoms with Gasteiger partial charge in [0.15, 0.2) is 11.6 Å². The summed E-state index contributed by atoms with van der Waals surface area (Å²) < 4.78 is 4.90. The second-order valence-corrected chi connectivity index (χ2v) is 15.9. The number of hydrogen-bond acceptors (Lipinski definition) is 5. The van der Waals surface area contributed by atoms with E-state index in [-0.39, 0.29) is 0 Å². The minimum absolute atomic E-state index is 0.720. The van der Waals surface area contributed by atoms with Crippen molar-refractivity contribution < 1.29 is 0 Å². The van der Waals surface area contributed by atoms with Crippen LogP contribution in [-0.2, 0) is 0 Å². The van der Waals surface area contributed by atoms with E-state index < -0.39 is 0 Å². The molecule has 11 rings (SSSR count). The van der Waals surface area contributed by atoms with Gasteiger partial charge in [-0.3, -0.25) is 0 Å². The minimum Gasteiger partial charge on any atom is -0.309 e. The number of aromatic nitrogens is 5. The highest BCUT2D eigenvalue weighted by atomic mass is 32.1. The van der Waals surface area contributed by atoms with E-state index in [9.17, 15) is 0 Å². The van der Waals surface area contributed by atoms with Crippen molar-refractivity contribution in [3.05, 3.63) is 188 Å². The topological polar surface area (TPSA) is 56.5 Å². The summed E-state index contributed by atoms with van der Waals surface area (Å²) >= 11 is 1.85. The Kier molecular flexibility index (Phi) is 8.05. The van der Waals surface area contributed by atoms with Crippen molar-refractivity contribution in [1.82, 2.24) is 24.5 Å². The summed E-state index contributed by atoms with van der Waals surface area (Å²) in [5.41, 5.74) is 15.0. The summed E-state index contributed by atoms with van der Waals surface area (Å²) in [6, 6.07) is 54.6. The summed E-state index contributed by atoms with van der Waals surface area (Å²) in [4.78, 5) is 18.6. The Balaban J connectivity index is 1.05. The van der Waals surface area contributed by atoms with Gasteiger partial charge in [-0.25, -0.2) is 19.9 Å². The van der Waals surface area contributed by atoms with Gasteiger partial charge in [0.05, 0.1) is 11.0 Å². The molecular formula is C52H35N5S. The van der Waals surface area contributed by atoms with Gasteiger partial charge < -0.3 is 4.57 Å². The van der Waals surface area contributed by atoms with Crippen LogP contribution in [0.4, 0.5) is 0 Å². The van der Waals surface area contributed by atoms with Crippen molar-refractivity contribution in [1.29, 1.82) is 0 Å². The average Bonchev–Trinajstić information content (AvgIpc) is 3.82. The van der Waals surface area contributed by atoms with Crippen LogP contribution in [0.15, 0.2) is 176 Å². The fraction of sp³-hybridized carbons (Fsp3) is 0.0385. The normalized spacial score (nSPS) is 11.6. The third-order valence-corrected chi connectivity index (χ3v) is 12.5. The van der Waals surface area contributed by atoms with E-state index >= 15 is 0 Å². The molecule has 0 saturated carbocycles. The van der Waals surface area contributed by atoms with Crippen molar-refractivity contribution in [3.63, 3.8) is 0 Å². The standard InChI is InChI=1S/C52H35N5S/c1-32-16-17-34(28-41(32)49-33(2)10-6-13-39(49)51-53-24-8-25-54-51)36-19-22-47-42(29-36)43-30-37(20-23-48(43)58-47)35-18-21-45-44(31-35)50-40(52-55-26-9-27-56-52)14-7-15-46(50)57(45)38-11-4-3-5-12-38/h3-31H,1-2H3. The largest absolute Gasteiger partial charge is 0.309 e. The lowest BCUT2D eigenvalue weighted by Gasteiger charge is -2.16. The minimum atomic E-state index is 0.720. The number of rotatable bonds is 6. The predicted molar refractivity (Wildman–Crippen MR) is 242 cm³/mol. The lowest BCUT2D eigenvalue weighted by Crippen LogP contribution is -1.95. The molecule has 0 aliphatic carbocycles. The Morgan fingerprint density at radius 2 is 0.983 bits per heavy atom. The van der Waals surface area contributed by atoms with E-state index in [4.69, 9.17) is 0 Å². The van der Waals surface area contributed by atoms with Crippen molar-refractivity contribution in [3.8, 4) is 61.8 Å². The molecule has 274 valence electrons. The summed E-state index contributed by atoms with van der Waals surface area (Å²) in [5, 5.41) is 4.84. The van der Waals surface area contributed by atoms with Crippen LogP contribution in [0.5, 0.6) is 0 Å². The summed E-state index contributed by atoms with van der Waals surface area (Å²) in [6.45, 7) is 4.36. The number of hydrogen-bond donors (Lipinski definition) is 0. The Bertz CT molecular complexity index is 3350. The molecule has 0 N–H and O–H groups in total. The molecule has 5 nitrogen and oxygen atoms in total. The fourth-order valence-electron chi connectivity index (χ4n) is 8.59. The zero-order valence-corrected chi connectivity index (χ0v) is 32.7. The van der Waals surface area contributed by atoms with Gasteiger partial charge in [0, 0.05) is 72.5 Å². The molecule has 0 aliphatic rings. The first-order valence-corrected chi connectivity index (χ1v) is 20.3. The van der Waals surface area contributed by atoms with E-state index in [0.717, 1.165) is 44.9 Å².